The number of nitrogens with one attached hydrogen (secondary N) is 1. The van der Waals surface area contributed by atoms with Crippen LogP contribution in [-0.4, -0.2) is 24.7 Å². The number of benzene rings is 2. The minimum absolute atomic E-state index is 0.0920. The number of anilines is 1. The lowest BCUT2D eigenvalue weighted by Crippen LogP contribution is -2.14. The van der Waals surface area contributed by atoms with Crippen LogP contribution in [0.5, 0.6) is 0 Å². The number of ether oxygens (including phenoxy) is 1. The van der Waals surface area contributed by atoms with Crippen LogP contribution in [0.25, 0.3) is 0 Å². The second-order valence-corrected chi connectivity index (χ2v) is 6.03. The first kappa shape index (κ1) is 17.1. The van der Waals surface area contributed by atoms with Gasteiger partial charge in [0.25, 0.3) is 0 Å². The molecular weight excluding hydrogens is 310 g/mol. The molecule has 4 nitrogen and oxygen atoms in total. The van der Waals surface area contributed by atoms with Crippen LogP contribution in [0.1, 0.15) is 21.5 Å². The van der Waals surface area contributed by atoms with Gasteiger partial charge in [-0.15, -0.1) is 11.8 Å². The van der Waals surface area contributed by atoms with Crippen molar-refractivity contribution in [1.29, 1.82) is 0 Å². The quantitative estimate of drug-likeness (QED) is 0.822. The van der Waals surface area contributed by atoms with Crippen LogP contribution in [0, 0.1) is 6.92 Å². The molecule has 0 unspecified atom stereocenters. The van der Waals surface area contributed by atoms with Crippen molar-refractivity contribution in [3.8, 4) is 0 Å². The van der Waals surface area contributed by atoms with Gasteiger partial charge < -0.3 is 10.1 Å². The van der Waals surface area contributed by atoms with Crippen LogP contribution in [0.15, 0.2) is 48.5 Å². The van der Waals surface area contributed by atoms with E-state index < -0.39 is 5.97 Å². The molecule has 0 aliphatic rings. The summed E-state index contributed by atoms with van der Waals surface area (Å²) in [6.45, 7) is 2.06. The molecule has 0 spiro atoms. The summed E-state index contributed by atoms with van der Waals surface area (Å²) in [7, 11) is 1.33. The van der Waals surface area contributed by atoms with Crippen molar-refractivity contribution in [2.24, 2.45) is 0 Å². The Bertz CT molecular complexity index is 700. The molecule has 2 aromatic rings. The zero-order chi connectivity index (χ0) is 16.7. The van der Waals surface area contributed by atoms with Crippen LogP contribution in [0.4, 0.5) is 5.69 Å². The van der Waals surface area contributed by atoms with E-state index in [1.54, 1.807) is 36.0 Å². The predicted octanol–water partition coefficient (Wildman–Crippen LogP) is 3.65. The summed E-state index contributed by atoms with van der Waals surface area (Å²) in [5.41, 5.74) is 3.47. The minimum Gasteiger partial charge on any atom is -0.465 e. The van der Waals surface area contributed by atoms with E-state index >= 15 is 0 Å². The number of aryl methyl sites for hydroxylation is 1. The SMILES string of the molecule is COC(=O)c1cccc(NC(=O)CSCc2ccccc2C)c1. The van der Waals surface area contributed by atoms with E-state index in [0.717, 1.165) is 5.75 Å². The first-order valence-corrected chi connectivity index (χ1v) is 8.36. The van der Waals surface area contributed by atoms with Crippen LogP contribution in [-0.2, 0) is 15.3 Å². The number of methoxy groups -OCH3 is 1. The van der Waals surface area contributed by atoms with Gasteiger partial charge in [-0.2, -0.15) is 0 Å². The van der Waals surface area contributed by atoms with Gasteiger partial charge in [0, 0.05) is 11.4 Å². The Kier molecular flexibility index (Phi) is 6.23. The van der Waals surface area contributed by atoms with Gasteiger partial charge in [-0.05, 0) is 36.2 Å². The van der Waals surface area contributed by atoms with Gasteiger partial charge in [-0.25, -0.2) is 4.79 Å². The van der Waals surface area contributed by atoms with E-state index in [4.69, 9.17) is 0 Å². The zero-order valence-corrected chi connectivity index (χ0v) is 14.0. The summed E-state index contributed by atoms with van der Waals surface area (Å²) in [6.07, 6.45) is 0. The fourth-order valence-corrected chi connectivity index (χ4v) is 2.97. The number of carbonyl (C=O) groups is 2. The van der Waals surface area contributed by atoms with Gasteiger partial charge in [-0.3, -0.25) is 4.79 Å². The minimum atomic E-state index is -0.421. The molecule has 0 atom stereocenters. The lowest BCUT2D eigenvalue weighted by molar-refractivity contribution is -0.113. The first-order valence-electron chi connectivity index (χ1n) is 7.20. The Hall–Kier alpha value is -2.27. The summed E-state index contributed by atoms with van der Waals surface area (Å²) in [5.74, 6) is 0.639. The van der Waals surface area contributed by atoms with Crippen LogP contribution < -0.4 is 5.32 Å². The Labute approximate surface area is 140 Å². The molecular formula is C18H19NO3S. The average molecular weight is 329 g/mol. The molecule has 5 heteroatoms. The summed E-state index contributed by atoms with van der Waals surface area (Å²) < 4.78 is 4.67. The van der Waals surface area contributed by atoms with Crippen molar-refractivity contribution in [1.82, 2.24) is 0 Å². The van der Waals surface area contributed by atoms with E-state index in [1.807, 2.05) is 12.1 Å². The highest BCUT2D eigenvalue weighted by Crippen LogP contribution is 2.17. The summed E-state index contributed by atoms with van der Waals surface area (Å²) in [5, 5.41) is 2.79. The van der Waals surface area contributed by atoms with Gasteiger partial charge in [0.15, 0.2) is 0 Å². The number of carbonyl (C=O) groups excluding carboxylic acids is 2. The Morgan fingerprint density at radius 1 is 1.13 bits per heavy atom. The van der Waals surface area contributed by atoms with Crippen molar-refractivity contribution in [3.63, 3.8) is 0 Å². The molecule has 2 rings (SSSR count). The van der Waals surface area contributed by atoms with Gasteiger partial charge in [0.1, 0.15) is 0 Å². The fourth-order valence-electron chi connectivity index (χ4n) is 2.06. The fraction of sp³-hybridized carbons (Fsp3) is 0.222. The third kappa shape index (κ3) is 5.14. The molecule has 0 aromatic heterocycles. The first-order chi connectivity index (χ1) is 11.1. The second-order valence-electron chi connectivity index (χ2n) is 5.04. The second kappa shape index (κ2) is 8.39. The van der Waals surface area contributed by atoms with E-state index in [2.05, 4.69) is 29.1 Å². The maximum Gasteiger partial charge on any atom is 0.337 e. The highest BCUT2D eigenvalue weighted by Gasteiger charge is 2.08. The number of esters is 1. The normalized spacial score (nSPS) is 10.2. The Morgan fingerprint density at radius 2 is 1.91 bits per heavy atom. The number of thioether (sulfide) groups is 1. The molecule has 0 saturated carbocycles. The van der Waals surface area contributed by atoms with Gasteiger partial charge in [0.2, 0.25) is 5.91 Å². The van der Waals surface area contributed by atoms with Crippen molar-refractivity contribution in [2.75, 3.05) is 18.2 Å². The van der Waals surface area contributed by atoms with Crippen molar-refractivity contribution >= 4 is 29.3 Å². The van der Waals surface area contributed by atoms with Crippen molar-refractivity contribution in [3.05, 3.63) is 65.2 Å². The summed E-state index contributed by atoms with van der Waals surface area (Å²) in [6, 6.07) is 14.9. The maximum atomic E-state index is 12.0. The highest BCUT2D eigenvalue weighted by molar-refractivity contribution is 7.99. The number of hydrogen-bond donors (Lipinski definition) is 1. The highest BCUT2D eigenvalue weighted by atomic mass is 32.2. The number of rotatable bonds is 6. The van der Waals surface area contributed by atoms with Gasteiger partial charge in [0.05, 0.1) is 18.4 Å². The lowest BCUT2D eigenvalue weighted by atomic mass is 10.1. The molecule has 1 amide bonds. The smallest absolute Gasteiger partial charge is 0.337 e. The molecule has 0 saturated heterocycles. The van der Waals surface area contributed by atoms with Crippen molar-refractivity contribution < 1.29 is 14.3 Å². The van der Waals surface area contributed by atoms with E-state index in [9.17, 15) is 9.59 Å². The largest absolute Gasteiger partial charge is 0.465 e. The predicted molar refractivity (Wildman–Crippen MR) is 93.8 cm³/mol. The van der Waals surface area contributed by atoms with Crippen LogP contribution in [0.2, 0.25) is 0 Å². The van der Waals surface area contributed by atoms with Crippen LogP contribution >= 0.6 is 11.8 Å². The van der Waals surface area contributed by atoms with Crippen LogP contribution in [0.3, 0.4) is 0 Å². The maximum absolute atomic E-state index is 12.0. The molecule has 0 fully saturated rings. The molecule has 0 bridgehead atoms. The summed E-state index contributed by atoms with van der Waals surface area (Å²) >= 11 is 1.56. The number of amides is 1. The standard InChI is InChI=1S/C18H19NO3S/c1-13-6-3-4-7-15(13)11-23-12-17(20)19-16-9-5-8-14(10-16)18(21)22-2/h3-10H,11-12H2,1-2H3,(H,19,20). The van der Waals surface area contributed by atoms with Gasteiger partial charge in [-0.1, -0.05) is 30.3 Å². The van der Waals surface area contributed by atoms with E-state index in [-0.39, 0.29) is 5.91 Å². The molecule has 23 heavy (non-hydrogen) atoms. The molecule has 0 aliphatic carbocycles. The van der Waals surface area contributed by atoms with E-state index in [1.165, 1.54) is 18.2 Å². The zero-order valence-electron chi connectivity index (χ0n) is 13.2. The Balaban J connectivity index is 1.85. The third-order valence-electron chi connectivity index (χ3n) is 3.32. The molecule has 1 N–H and O–H groups in total. The number of hydrogen-bond acceptors (Lipinski definition) is 4. The summed E-state index contributed by atoms with van der Waals surface area (Å²) in [4.78, 5) is 23.5. The molecule has 2 aromatic carbocycles. The molecule has 0 radical (unpaired) electrons. The monoisotopic (exact) mass is 329 g/mol. The molecule has 0 heterocycles. The topological polar surface area (TPSA) is 55.4 Å². The molecule has 120 valence electrons. The van der Waals surface area contributed by atoms with E-state index in [0.29, 0.717) is 17.0 Å². The lowest BCUT2D eigenvalue weighted by Gasteiger charge is -2.08. The Morgan fingerprint density at radius 3 is 2.65 bits per heavy atom. The van der Waals surface area contributed by atoms with Gasteiger partial charge >= 0.3 is 5.97 Å². The van der Waals surface area contributed by atoms with Crippen molar-refractivity contribution in [2.45, 2.75) is 12.7 Å². The molecule has 0 aliphatic heterocycles. The third-order valence-corrected chi connectivity index (χ3v) is 4.30. The average Bonchev–Trinajstić information content (AvgIpc) is 2.56.